The van der Waals surface area contributed by atoms with Crippen molar-refractivity contribution in [2.45, 2.75) is 19.6 Å². The lowest BCUT2D eigenvalue weighted by atomic mass is 10.1. The second kappa shape index (κ2) is 10.3. The summed E-state index contributed by atoms with van der Waals surface area (Å²) in [6.07, 6.45) is 0.349. The Hall–Kier alpha value is -3.14. The van der Waals surface area contributed by atoms with Crippen LogP contribution in [0.5, 0.6) is 23.0 Å². The molecular weight excluding hydrogens is 424 g/mol. The van der Waals surface area contributed by atoms with Gasteiger partial charge in [0.2, 0.25) is 15.8 Å². The van der Waals surface area contributed by atoms with E-state index in [-0.39, 0.29) is 12.5 Å². The van der Waals surface area contributed by atoms with Crippen molar-refractivity contribution in [2.24, 2.45) is 0 Å². The number of carbonyl (C=O) groups excluding carboxylic acids is 1. The molecule has 0 aliphatic heterocycles. The fourth-order valence-corrected chi connectivity index (χ4v) is 3.32. The van der Waals surface area contributed by atoms with Gasteiger partial charge in [0.15, 0.2) is 17.6 Å². The number of hydrogen-bond acceptors (Lipinski definition) is 7. The van der Waals surface area contributed by atoms with Gasteiger partial charge in [0, 0.05) is 19.2 Å². The molecule has 1 unspecified atom stereocenters. The number of rotatable bonds is 10. The van der Waals surface area contributed by atoms with Gasteiger partial charge in [0.25, 0.3) is 5.91 Å². The van der Waals surface area contributed by atoms with Crippen LogP contribution in [0.15, 0.2) is 36.4 Å². The van der Waals surface area contributed by atoms with E-state index in [1.165, 1.54) is 28.4 Å². The Bertz CT molecular complexity index is 1010. The van der Waals surface area contributed by atoms with Crippen molar-refractivity contribution < 1.29 is 32.2 Å². The highest BCUT2D eigenvalue weighted by atomic mass is 32.2. The highest BCUT2D eigenvalue weighted by molar-refractivity contribution is 7.92. The van der Waals surface area contributed by atoms with Gasteiger partial charge in [0.05, 0.1) is 33.3 Å². The van der Waals surface area contributed by atoms with E-state index in [0.29, 0.717) is 34.2 Å². The molecule has 2 aromatic carbocycles. The predicted octanol–water partition coefficient (Wildman–Crippen LogP) is 2.19. The van der Waals surface area contributed by atoms with Crippen LogP contribution in [0.3, 0.4) is 0 Å². The maximum atomic E-state index is 12.5. The maximum Gasteiger partial charge on any atom is 0.261 e. The SMILES string of the molecule is COc1ccc(CNC(=O)C(C)Oc2ccc(N(C)S(C)(=O)=O)cc2)c(OC)c1OC. The van der Waals surface area contributed by atoms with Gasteiger partial charge >= 0.3 is 0 Å². The quantitative estimate of drug-likeness (QED) is 0.589. The van der Waals surface area contributed by atoms with Crippen molar-refractivity contribution >= 4 is 21.6 Å². The Kier molecular flexibility index (Phi) is 7.98. The van der Waals surface area contributed by atoms with E-state index in [2.05, 4.69) is 5.32 Å². The molecular formula is C21H28N2O7S. The summed E-state index contributed by atoms with van der Waals surface area (Å²) in [5.74, 6) is 1.56. The zero-order chi connectivity index (χ0) is 23.2. The maximum absolute atomic E-state index is 12.5. The molecule has 1 atom stereocenters. The molecule has 0 aromatic heterocycles. The molecule has 2 aromatic rings. The summed E-state index contributed by atoms with van der Waals surface area (Å²) in [7, 11) is 2.66. The smallest absolute Gasteiger partial charge is 0.261 e. The average Bonchev–Trinajstić information content (AvgIpc) is 2.75. The number of amides is 1. The third kappa shape index (κ3) is 5.94. The fourth-order valence-electron chi connectivity index (χ4n) is 2.81. The largest absolute Gasteiger partial charge is 0.493 e. The molecule has 0 heterocycles. The van der Waals surface area contributed by atoms with Crippen LogP contribution in [0.4, 0.5) is 5.69 Å². The van der Waals surface area contributed by atoms with E-state index in [1.807, 2.05) is 0 Å². The number of hydrogen-bond donors (Lipinski definition) is 1. The van der Waals surface area contributed by atoms with Gasteiger partial charge in [-0.15, -0.1) is 0 Å². The minimum Gasteiger partial charge on any atom is -0.493 e. The number of nitrogens with one attached hydrogen (secondary N) is 1. The van der Waals surface area contributed by atoms with E-state index >= 15 is 0 Å². The number of anilines is 1. The Labute approximate surface area is 182 Å². The molecule has 0 aliphatic carbocycles. The average molecular weight is 453 g/mol. The first-order chi connectivity index (χ1) is 14.6. The highest BCUT2D eigenvalue weighted by Crippen LogP contribution is 2.39. The standard InChI is InChI=1S/C21H28N2O7S/c1-14(30-17-10-8-16(9-11-17)23(2)31(6,25)26)21(24)22-13-15-7-12-18(27-3)20(29-5)19(15)28-4/h7-12,14H,13H2,1-6H3,(H,22,24). The number of benzene rings is 2. The van der Waals surface area contributed by atoms with Gasteiger partial charge in [-0.2, -0.15) is 0 Å². The van der Waals surface area contributed by atoms with Crippen LogP contribution >= 0.6 is 0 Å². The fraction of sp³-hybridized carbons (Fsp3) is 0.381. The molecule has 1 N–H and O–H groups in total. The van der Waals surface area contributed by atoms with Crippen LogP contribution in [0, 0.1) is 0 Å². The molecule has 2 rings (SSSR count). The lowest BCUT2D eigenvalue weighted by Gasteiger charge is -2.19. The molecule has 0 fully saturated rings. The summed E-state index contributed by atoms with van der Waals surface area (Å²) in [6, 6.07) is 9.95. The second-order valence-corrected chi connectivity index (χ2v) is 8.71. The van der Waals surface area contributed by atoms with Crippen molar-refractivity contribution in [2.75, 3.05) is 38.9 Å². The predicted molar refractivity (Wildman–Crippen MR) is 118 cm³/mol. The zero-order valence-corrected chi connectivity index (χ0v) is 19.3. The summed E-state index contributed by atoms with van der Waals surface area (Å²) in [5, 5.41) is 2.80. The van der Waals surface area contributed by atoms with Crippen LogP contribution in [-0.4, -0.2) is 55.1 Å². The molecule has 0 saturated heterocycles. The molecule has 1 amide bonds. The lowest BCUT2D eigenvalue weighted by Crippen LogP contribution is -2.36. The highest BCUT2D eigenvalue weighted by Gasteiger charge is 2.19. The summed E-state index contributed by atoms with van der Waals surface area (Å²) in [4.78, 5) is 12.5. The molecule has 9 nitrogen and oxygen atoms in total. The van der Waals surface area contributed by atoms with Gasteiger partial charge in [0.1, 0.15) is 5.75 Å². The lowest BCUT2D eigenvalue weighted by molar-refractivity contribution is -0.127. The molecule has 10 heteroatoms. The Morgan fingerprint density at radius 2 is 1.61 bits per heavy atom. The molecule has 0 radical (unpaired) electrons. The zero-order valence-electron chi connectivity index (χ0n) is 18.5. The van der Waals surface area contributed by atoms with Crippen LogP contribution in [0.1, 0.15) is 12.5 Å². The molecule has 170 valence electrons. The van der Waals surface area contributed by atoms with Gasteiger partial charge in [-0.3, -0.25) is 9.10 Å². The minimum absolute atomic E-state index is 0.203. The number of nitrogens with zero attached hydrogens (tertiary/aromatic N) is 1. The first-order valence-corrected chi connectivity index (χ1v) is 11.2. The van der Waals surface area contributed by atoms with E-state index in [0.717, 1.165) is 10.6 Å². The topological polar surface area (TPSA) is 103 Å². The minimum atomic E-state index is -3.35. The number of methoxy groups -OCH3 is 3. The summed E-state index contributed by atoms with van der Waals surface area (Å²) >= 11 is 0. The molecule has 31 heavy (non-hydrogen) atoms. The third-order valence-electron chi connectivity index (χ3n) is 4.62. The van der Waals surface area contributed by atoms with Crippen LogP contribution in [0.25, 0.3) is 0 Å². The van der Waals surface area contributed by atoms with Crippen molar-refractivity contribution in [3.05, 3.63) is 42.0 Å². The van der Waals surface area contributed by atoms with Gasteiger partial charge in [-0.25, -0.2) is 8.42 Å². The van der Waals surface area contributed by atoms with Crippen LogP contribution in [0.2, 0.25) is 0 Å². The second-order valence-electron chi connectivity index (χ2n) is 6.70. The Morgan fingerprint density at radius 1 is 1.00 bits per heavy atom. The van der Waals surface area contributed by atoms with Gasteiger partial charge in [-0.1, -0.05) is 0 Å². The number of carbonyl (C=O) groups is 1. The molecule has 0 spiro atoms. The van der Waals surface area contributed by atoms with Crippen molar-refractivity contribution in [3.8, 4) is 23.0 Å². The first-order valence-electron chi connectivity index (χ1n) is 9.38. The molecule has 0 bridgehead atoms. The van der Waals surface area contributed by atoms with Crippen LogP contribution in [-0.2, 0) is 21.4 Å². The van der Waals surface area contributed by atoms with Crippen LogP contribution < -0.4 is 28.6 Å². The normalized spacial score (nSPS) is 11.9. The third-order valence-corrected chi connectivity index (χ3v) is 5.82. The summed E-state index contributed by atoms with van der Waals surface area (Å²) in [6.45, 7) is 1.83. The Morgan fingerprint density at radius 3 is 2.13 bits per heavy atom. The van der Waals surface area contributed by atoms with E-state index in [9.17, 15) is 13.2 Å². The number of ether oxygens (including phenoxy) is 4. The molecule has 0 aliphatic rings. The van der Waals surface area contributed by atoms with E-state index < -0.39 is 16.1 Å². The molecule has 0 saturated carbocycles. The first kappa shape index (κ1) is 24.1. The summed E-state index contributed by atoms with van der Waals surface area (Å²) < 4.78 is 46.1. The number of sulfonamides is 1. The van der Waals surface area contributed by atoms with Gasteiger partial charge < -0.3 is 24.3 Å². The monoisotopic (exact) mass is 452 g/mol. The summed E-state index contributed by atoms with van der Waals surface area (Å²) in [5.41, 5.74) is 1.21. The van der Waals surface area contributed by atoms with E-state index in [4.69, 9.17) is 18.9 Å². The van der Waals surface area contributed by atoms with Gasteiger partial charge in [-0.05, 0) is 43.3 Å². The van der Waals surface area contributed by atoms with Crippen molar-refractivity contribution in [1.82, 2.24) is 5.32 Å². The van der Waals surface area contributed by atoms with Crippen molar-refractivity contribution in [1.29, 1.82) is 0 Å². The Balaban J connectivity index is 2.02. The van der Waals surface area contributed by atoms with Crippen molar-refractivity contribution in [3.63, 3.8) is 0 Å². The van der Waals surface area contributed by atoms with E-state index in [1.54, 1.807) is 43.3 Å².